The van der Waals surface area contributed by atoms with E-state index in [1.54, 1.807) is 6.08 Å². The summed E-state index contributed by atoms with van der Waals surface area (Å²) in [6, 6.07) is 0. The van der Waals surface area contributed by atoms with Gasteiger partial charge < -0.3 is 14.2 Å². The minimum Gasteiger partial charge on any atom is -0.466 e. The van der Waals surface area contributed by atoms with E-state index in [9.17, 15) is 24.0 Å². The molecule has 0 N–H and O–H groups in total. The van der Waals surface area contributed by atoms with Crippen LogP contribution in [0.4, 0.5) is 0 Å². The van der Waals surface area contributed by atoms with Gasteiger partial charge in [-0.15, -0.1) is 0 Å². The monoisotopic (exact) mass is 582 g/mol. The van der Waals surface area contributed by atoms with Crippen molar-refractivity contribution in [1.82, 2.24) is 0 Å². The lowest BCUT2D eigenvalue weighted by atomic mass is 9.37. The lowest BCUT2D eigenvalue weighted by Crippen LogP contribution is -2.69. The van der Waals surface area contributed by atoms with Crippen LogP contribution in [-0.2, 0) is 38.2 Å². The highest BCUT2D eigenvalue weighted by atomic mass is 16.6. The van der Waals surface area contributed by atoms with E-state index in [-0.39, 0.29) is 23.4 Å². The first-order valence-electron chi connectivity index (χ1n) is 15.1. The molecule has 42 heavy (non-hydrogen) atoms. The fraction of sp³-hybridized carbons (Fsp3) is 0.676. The third-order valence-corrected chi connectivity index (χ3v) is 11.2. The van der Waals surface area contributed by atoms with E-state index < -0.39 is 58.2 Å². The largest absolute Gasteiger partial charge is 0.466 e. The lowest BCUT2D eigenvalue weighted by molar-refractivity contribution is -0.207. The molecule has 0 heterocycles. The Hall–Kier alpha value is -3.03. The summed E-state index contributed by atoms with van der Waals surface area (Å²) in [5.41, 5.74) is 0.0365. The molecular formula is C34H46O8. The summed E-state index contributed by atoms with van der Waals surface area (Å²) in [6.07, 6.45) is 6.56. The normalized spacial score (nSPS) is 39.8. The van der Waals surface area contributed by atoms with Gasteiger partial charge in [-0.3, -0.25) is 19.2 Å². The molecular weight excluding hydrogens is 536 g/mol. The van der Waals surface area contributed by atoms with Gasteiger partial charge in [-0.05, 0) is 80.3 Å². The molecule has 0 aromatic carbocycles. The number of hydrogen-bond acceptors (Lipinski definition) is 8. The molecule has 8 nitrogen and oxygen atoms in total. The van der Waals surface area contributed by atoms with Crippen LogP contribution in [0.3, 0.4) is 0 Å². The molecule has 9 atom stereocenters. The highest BCUT2D eigenvalue weighted by molar-refractivity contribution is 5.98. The summed E-state index contributed by atoms with van der Waals surface area (Å²) in [6.45, 7) is 14.6. The number of carbonyl (C=O) groups excluding carboxylic acids is 5. The van der Waals surface area contributed by atoms with Gasteiger partial charge in [0, 0.05) is 36.7 Å². The quantitative estimate of drug-likeness (QED) is 0.175. The van der Waals surface area contributed by atoms with Crippen LogP contribution in [0.5, 0.6) is 0 Å². The van der Waals surface area contributed by atoms with Crippen LogP contribution in [0, 0.1) is 39.9 Å². The number of allylic oxidation sites excluding steroid dienone is 4. The molecule has 4 rings (SSSR count). The van der Waals surface area contributed by atoms with Gasteiger partial charge in [0.2, 0.25) is 0 Å². The maximum atomic E-state index is 14.8. The molecule has 230 valence electrons. The fourth-order valence-corrected chi connectivity index (χ4v) is 9.30. The van der Waals surface area contributed by atoms with Crippen LogP contribution >= 0.6 is 0 Å². The van der Waals surface area contributed by atoms with Crippen LogP contribution in [0.1, 0.15) is 87.5 Å². The predicted octanol–water partition coefficient (Wildman–Crippen LogP) is 5.49. The molecule has 0 aromatic rings. The zero-order chi connectivity index (χ0) is 31.4. The first-order valence-corrected chi connectivity index (χ1v) is 15.1. The molecule has 4 aliphatic rings. The first-order chi connectivity index (χ1) is 19.5. The molecule has 3 fully saturated rings. The molecule has 0 saturated heterocycles. The maximum Gasteiger partial charge on any atom is 0.333 e. The second-order valence-electron chi connectivity index (χ2n) is 13.7. The number of esters is 3. The molecule has 0 aliphatic heterocycles. The molecule has 0 unspecified atom stereocenters. The number of carbonyl (C=O) groups is 5. The second-order valence-corrected chi connectivity index (χ2v) is 13.7. The highest BCUT2D eigenvalue weighted by Crippen LogP contribution is 2.73. The number of fused-ring (bicyclic) bond motifs is 5. The van der Waals surface area contributed by atoms with Crippen molar-refractivity contribution in [2.24, 2.45) is 39.9 Å². The van der Waals surface area contributed by atoms with Gasteiger partial charge in [-0.1, -0.05) is 45.4 Å². The predicted molar refractivity (Wildman–Crippen MR) is 156 cm³/mol. The number of rotatable bonds is 6. The van der Waals surface area contributed by atoms with Gasteiger partial charge in [0.15, 0.2) is 17.7 Å². The molecule has 4 aliphatic carbocycles. The van der Waals surface area contributed by atoms with Crippen LogP contribution in [0.2, 0.25) is 0 Å². The van der Waals surface area contributed by atoms with Gasteiger partial charge in [0.25, 0.3) is 0 Å². The average molecular weight is 583 g/mol. The molecule has 0 aromatic heterocycles. The molecule has 0 amide bonds. The Balaban J connectivity index is 1.94. The van der Waals surface area contributed by atoms with Gasteiger partial charge >= 0.3 is 17.9 Å². The summed E-state index contributed by atoms with van der Waals surface area (Å²) in [5, 5.41) is 0. The minimum atomic E-state index is -1.09. The Morgan fingerprint density at radius 3 is 2.21 bits per heavy atom. The Bertz CT molecular complexity index is 1280. The molecule has 3 saturated carbocycles. The smallest absolute Gasteiger partial charge is 0.333 e. The van der Waals surface area contributed by atoms with Crippen molar-refractivity contribution in [2.45, 2.75) is 99.7 Å². The Kier molecular flexibility index (Phi) is 8.53. The molecule has 8 heteroatoms. The number of hydrogen-bond donors (Lipinski definition) is 0. The number of methoxy groups -OCH3 is 1. The summed E-state index contributed by atoms with van der Waals surface area (Å²) < 4.78 is 17.0. The van der Waals surface area contributed by atoms with E-state index in [4.69, 9.17) is 14.2 Å². The minimum absolute atomic E-state index is 0.0778. The zero-order valence-electron chi connectivity index (χ0n) is 26.5. The van der Waals surface area contributed by atoms with E-state index in [0.29, 0.717) is 37.7 Å². The fourth-order valence-electron chi connectivity index (χ4n) is 9.30. The summed E-state index contributed by atoms with van der Waals surface area (Å²) in [5.74, 6) is -3.13. The number of ketones is 2. The molecule has 0 spiro atoms. The van der Waals surface area contributed by atoms with Crippen LogP contribution in [-0.4, -0.2) is 48.8 Å². The van der Waals surface area contributed by atoms with E-state index >= 15 is 0 Å². The van der Waals surface area contributed by atoms with E-state index in [1.165, 1.54) is 21.0 Å². The number of ether oxygens (including phenoxy) is 3. The van der Waals surface area contributed by atoms with E-state index in [0.717, 1.165) is 11.1 Å². The second kappa shape index (κ2) is 11.2. The van der Waals surface area contributed by atoms with Crippen LogP contribution in [0.25, 0.3) is 0 Å². The number of Topliss-reactive ketones (excluding diaryl/α,β-unsaturated/α-hetero) is 1. The van der Waals surface area contributed by atoms with Gasteiger partial charge in [0.1, 0.15) is 6.10 Å². The van der Waals surface area contributed by atoms with Crippen molar-refractivity contribution in [1.29, 1.82) is 0 Å². The van der Waals surface area contributed by atoms with Crippen LogP contribution in [0.15, 0.2) is 34.9 Å². The van der Waals surface area contributed by atoms with Gasteiger partial charge in [-0.2, -0.15) is 0 Å². The average Bonchev–Trinajstić information content (AvgIpc) is 3.18. The Morgan fingerprint density at radius 2 is 1.64 bits per heavy atom. The van der Waals surface area contributed by atoms with E-state index in [1.807, 2.05) is 33.8 Å². The van der Waals surface area contributed by atoms with Crippen molar-refractivity contribution in [3.05, 3.63) is 34.9 Å². The molecule has 0 bridgehead atoms. The topological polar surface area (TPSA) is 113 Å². The lowest BCUT2D eigenvalue weighted by Gasteiger charge is -2.66. The van der Waals surface area contributed by atoms with Gasteiger partial charge in [-0.25, -0.2) is 4.79 Å². The SMILES string of the molecule is COC(=O)/C(CCC=C(C)C)=C1\[C@@H](OC(C)=O)C[C@@]2(C)[C@H]1CC[C@H]1[C@@]3(C)C=CC(=O)[C@@H](C)[C@@H]3[C@H](OC(C)=O)C(=O)[C@@]12C. The summed E-state index contributed by atoms with van der Waals surface area (Å²) >= 11 is 0. The standard InChI is InChI=1S/C34H46O8/c1-18(2)11-10-12-22(31(39)40-9)27-23-13-14-26-32(6)16-15-24(37)19(3)28(32)29(42-21(5)36)30(38)34(26,8)33(23,7)17-25(27)41-20(4)35/h11,15-16,19,23,25-26,28-29H,10,12-14,17H2,1-9H3/b27-22-/t19-,23+,25+,26+,28-,29+,32-,33+,34-/m1/s1. The third kappa shape index (κ3) is 4.79. The van der Waals surface area contributed by atoms with Crippen molar-refractivity contribution in [3.63, 3.8) is 0 Å². The maximum absolute atomic E-state index is 14.8. The Labute approximate surface area is 249 Å². The van der Waals surface area contributed by atoms with Crippen molar-refractivity contribution in [3.8, 4) is 0 Å². The third-order valence-electron chi connectivity index (χ3n) is 11.2. The highest BCUT2D eigenvalue weighted by Gasteiger charge is 2.74. The van der Waals surface area contributed by atoms with Crippen LogP contribution < -0.4 is 0 Å². The van der Waals surface area contributed by atoms with E-state index in [2.05, 4.69) is 19.9 Å². The first kappa shape index (κ1) is 31.9. The Morgan fingerprint density at radius 1 is 1.00 bits per heavy atom. The molecule has 0 radical (unpaired) electrons. The zero-order valence-corrected chi connectivity index (χ0v) is 26.5. The van der Waals surface area contributed by atoms with Gasteiger partial charge in [0.05, 0.1) is 7.11 Å². The van der Waals surface area contributed by atoms with Crippen molar-refractivity contribution >= 4 is 29.5 Å². The van der Waals surface area contributed by atoms with Crippen molar-refractivity contribution in [2.75, 3.05) is 7.11 Å². The summed E-state index contributed by atoms with van der Waals surface area (Å²) in [7, 11) is 1.35. The van der Waals surface area contributed by atoms with Crippen molar-refractivity contribution < 1.29 is 38.2 Å². The summed E-state index contributed by atoms with van der Waals surface area (Å²) in [4.78, 5) is 65.7.